The predicted molar refractivity (Wildman–Crippen MR) is 94.8 cm³/mol. The number of anilines is 2. The lowest BCUT2D eigenvalue weighted by Gasteiger charge is -2.38. The van der Waals surface area contributed by atoms with Crippen LogP contribution >= 0.6 is 0 Å². The minimum atomic E-state index is 0.0751. The molecule has 1 aliphatic heterocycles. The van der Waals surface area contributed by atoms with Crippen LogP contribution in [0.2, 0.25) is 0 Å². The number of phenols is 1. The van der Waals surface area contributed by atoms with E-state index in [9.17, 15) is 5.11 Å². The smallest absolute Gasteiger partial charge is 0.132 e. The van der Waals surface area contributed by atoms with E-state index >= 15 is 0 Å². The molecule has 1 atom stereocenters. The van der Waals surface area contributed by atoms with Crippen molar-refractivity contribution in [2.45, 2.75) is 13.0 Å². The van der Waals surface area contributed by atoms with Gasteiger partial charge in [0.1, 0.15) is 17.9 Å². The highest BCUT2D eigenvalue weighted by Crippen LogP contribution is 2.23. The number of benzene rings is 1. The number of aromatic nitrogens is 2. The molecule has 0 saturated carbocycles. The van der Waals surface area contributed by atoms with E-state index in [0.717, 1.165) is 25.5 Å². The number of hydrogen-bond donors (Lipinski definition) is 3. The van der Waals surface area contributed by atoms with Crippen molar-refractivity contribution in [2.24, 2.45) is 0 Å². The van der Waals surface area contributed by atoms with Crippen molar-refractivity contribution in [1.29, 1.82) is 5.41 Å². The topological polar surface area (TPSA) is 102 Å². The largest absolute Gasteiger partial charge is 0.508 e. The molecule has 126 valence electrons. The maximum atomic E-state index is 9.65. The second-order valence-electron chi connectivity index (χ2n) is 6.18. The molecule has 24 heavy (non-hydrogen) atoms. The number of nitrogen functional groups attached to an aromatic ring is 1. The minimum Gasteiger partial charge on any atom is -0.508 e. The first kappa shape index (κ1) is 16.2. The zero-order valence-corrected chi connectivity index (χ0v) is 13.9. The number of hydrogen-bond acceptors (Lipinski definition) is 7. The molecule has 2 aromatic rings. The number of likely N-dealkylation sites (N-methyl/N-ethyl adjacent to an activating group) is 1. The standard InChI is InChI=1S/C17H22N6O/c1-11-9-23(6-5-22(11)2)16-8-15(20-10-21-16)17(19)13-7-12(24)3-4-14(13)18/h3-4,7-8,10-11,19,24H,5-6,9,18H2,1-2H3/t11-/m0/s1. The molecule has 0 spiro atoms. The lowest BCUT2D eigenvalue weighted by Crippen LogP contribution is -2.50. The molecule has 1 aromatic heterocycles. The van der Waals surface area contributed by atoms with Gasteiger partial charge in [0, 0.05) is 43.0 Å². The van der Waals surface area contributed by atoms with Crippen molar-refractivity contribution in [3.63, 3.8) is 0 Å². The van der Waals surface area contributed by atoms with Gasteiger partial charge >= 0.3 is 0 Å². The second-order valence-corrected chi connectivity index (χ2v) is 6.18. The molecule has 0 radical (unpaired) electrons. The van der Waals surface area contributed by atoms with Crippen LogP contribution in [0.3, 0.4) is 0 Å². The molecule has 1 aliphatic rings. The van der Waals surface area contributed by atoms with Gasteiger partial charge in [-0.1, -0.05) is 0 Å². The number of piperazine rings is 1. The van der Waals surface area contributed by atoms with Gasteiger partial charge < -0.3 is 20.6 Å². The SMILES string of the molecule is C[C@H]1CN(c2cc(C(=N)c3cc(O)ccc3N)ncn2)CCN1C. The Morgan fingerprint density at radius 1 is 1.29 bits per heavy atom. The first-order chi connectivity index (χ1) is 11.5. The summed E-state index contributed by atoms with van der Waals surface area (Å²) < 4.78 is 0. The minimum absolute atomic E-state index is 0.0751. The van der Waals surface area contributed by atoms with Crippen molar-refractivity contribution in [3.8, 4) is 5.75 Å². The van der Waals surface area contributed by atoms with Gasteiger partial charge in [-0.25, -0.2) is 9.97 Å². The summed E-state index contributed by atoms with van der Waals surface area (Å²) in [6.45, 7) is 4.93. The van der Waals surface area contributed by atoms with Crippen LogP contribution in [0.4, 0.5) is 11.5 Å². The monoisotopic (exact) mass is 326 g/mol. The third-order valence-electron chi connectivity index (χ3n) is 4.50. The third-order valence-corrected chi connectivity index (χ3v) is 4.50. The number of phenolic OH excluding ortho intramolecular Hbond substituents is 1. The zero-order valence-electron chi connectivity index (χ0n) is 13.9. The first-order valence-electron chi connectivity index (χ1n) is 7.90. The van der Waals surface area contributed by atoms with Gasteiger partial charge in [-0.3, -0.25) is 5.41 Å². The molecule has 2 heterocycles. The molecule has 3 rings (SSSR count). The summed E-state index contributed by atoms with van der Waals surface area (Å²) >= 11 is 0. The highest BCUT2D eigenvalue weighted by Gasteiger charge is 2.22. The average molecular weight is 326 g/mol. The second kappa shape index (κ2) is 6.45. The van der Waals surface area contributed by atoms with Gasteiger partial charge in [-0.15, -0.1) is 0 Å². The van der Waals surface area contributed by atoms with Crippen molar-refractivity contribution < 1.29 is 5.11 Å². The summed E-state index contributed by atoms with van der Waals surface area (Å²) in [5.41, 5.74) is 7.50. The Balaban J connectivity index is 1.88. The maximum absolute atomic E-state index is 9.65. The maximum Gasteiger partial charge on any atom is 0.132 e. The van der Waals surface area contributed by atoms with Gasteiger partial charge in [0.05, 0.1) is 11.4 Å². The Morgan fingerprint density at radius 3 is 2.83 bits per heavy atom. The van der Waals surface area contributed by atoms with Gasteiger partial charge in [0.25, 0.3) is 0 Å². The Bertz CT molecular complexity index is 762. The van der Waals surface area contributed by atoms with Gasteiger partial charge in [0.2, 0.25) is 0 Å². The molecule has 7 nitrogen and oxygen atoms in total. The van der Waals surface area contributed by atoms with E-state index in [1.807, 2.05) is 6.07 Å². The van der Waals surface area contributed by atoms with Crippen LogP contribution in [-0.4, -0.2) is 58.4 Å². The molecule has 0 bridgehead atoms. The molecule has 7 heteroatoms. The normalized spacial score (nSPS) is 18.6. The van der Waals surface area contributed by atoms with Crippen molar-refractivity contribution in [3.05, 3.63) is 41.9 Å². The molecule has 0 aliphatic carbocycles. The Morgan fingerprint density at radius 2 is 2.08 bits per heavy atom. The zero-order chi connectivity index (χ0) is 17.3. The van der Waals surface area contributed by atoms with Crippen LogP contribution in [0, 0.1) is 5.41 Å². The molecule has 1 saturated heterocycles. The van der Waals surface area contributed by atoms with Crippen LogP contribution in [-0.2, 0) is 0 Å². The summed E-state index contributed by atoms with van der Waals surface area (Å²) in [4.78, 5) is 13.1. The van der Waals surface area contributed by atoms with E-state index in [2.05, 4.69) is 33.7 Å². The lowest BCUT2D eigenvalue weighted by atomic mass is 10.0. The Labute approximate surface area is 141 Å². The molecule has 1 aromatic carbocycles. The molecule has 4 N–H and O–H groups in total. The van der Waals surface area contributed by atoms with Crippen molar-refractivity contribution >= 4 is 17.2 Å². The Kier molecular flexibility index (Phi) is 4.35. The molecular formula is C17H22N6O. The first-order valence-corrected chi connectivity index (χ1v) is 7.90. The van der Waals surface area contributed by atoms with Gasteiger partial charge in [0.15, 0.2) is 0 Å². The summed E-state index contributed by atoms with van der Waals surface area (Å²) in [6, 6.07) is 6.83. The van der Waals surface area contributed by atoms with Crippen LogP contribution < -0.4 is 10.6 Å². The van der Waals surface area contributed by atoms with Crippen LogP contribution in [0.15, 0.2) is 30.6 Å². The van der Waals surface area contributed by atoms with Crippen LogP contribution in [0.5, 0.6) is 5.75 Å². The average Bonchev–Trinajstić information content (AvgIpc) is 2.59. The van der Waals surface area contributed by atoms with E-state index in [1.54, 1.807) is 6.07 Å². The molecule has 1 fully saturated rings. The predicted octanol–water partition coefficient (Wildman–Crippen LogP) is 1.32. The summed E-state index contributed by atoms with van der Waals surface area (Å²) in [7, 11) is 2.12. The van der Waals surface area contributed by atoms with E-state index in [4.69, 9.17) is 11.1 Å². The van der Waals surface area contributed by atoms with Crippen molar-refractivity contribution in [1.82, 2.24) is 14.9 Å². The van der Waals surface area contributed by atoms with E-state index in [1.165, 1.54) is 18.5 Å². The highest BCUT2D eigenvalue weighted by atomic mass is 16.3. The molecule has 0 unspecified atom stereocenters. The van der Waals surface area contributed by atoms with E-state index < -0.39 is 0 Å². The fourth-order valence-electron chi connectivity index (χ4n) is 2.81. The van der Waals surface area contributed by atoms with Crippen molar-refractivity contribution in [2.75, 3.05) is 37.3 Å². The molecule has 0 amide bonds. The third kappa shape index (κ3) is 3.16. The van der Waals surface area contributed by atoms with E-state index in [0.29, 0.717) is 23.0 Å². The van der Waals surface area contributed by atoms with Crippen LogP contribution in [0.1, 0.15) is 18.2 Å². The summed E-state index contributed by atoms with van der Waals surface area (Å²) in [5, 5.41) is 18.0. The Hall–Kier alpha value is -2.67. The summed E-state index contributed by atoms with van der Waals surface area (Å²) in [5.74, 6) is 0.884. The quantitative estimate of drug-likeness (QED) is 0.447. The van der Waals surface area contributed by atoms with E-state index in [-0.39, 0.29) is 11.5 Å². The highest BCUT2D eigenvalue weighted by molar-refractivity contribution is 6.13. The van der Waals surface area contributed by atoms with Gasteiger partial charge in [-0.05, 0) is 32.2 Å². The number of nitrogens with one attached hydrogen (secondary N) is 1. The lowest BCUT2D eigenvalue weighted by molar-refractivity contribution is 0.233. The molecular weight excluding hydrogens is 304 g/mol. The van der Waals surface area contributed by atoms with Crippen LogP contribution in [0.25, 0.3) is 0 Å². The fraction of sp³-hybridized carbons (Fsp3) is 0.353. The summed E-state index contributed by atoms with van der Waals surface area (Å²) in [6.07, 6.45) is 1.47. The number of aromatic hydroxyl groups is 1. The fourth-order valence-corrected chi connectivity index (χ4v) is 2.81. The van der Waals surface area contributed by atoms with Gasteiger partial charge in [-0.2, -0.15) is 0 Å². The number of nitrogens with zero attached hydrogens (tertiary/aromatic N) is 4. The number of rotatable bonds is 3. The number of nitrogens with two attached hydrogens (primary N) is 1.